The third-order valence-electron chi connectivity index (χ3n) is 4.45. The zero-order valence-electron chi connectivity index (χ0n) is 11.5. The van der Waals surface area contributed by atoms with E-state index in [9.17, 15) is 0 Å². The van der Waals surface area contributed by atoms with Gasteiger partial charge in [0.05, 0.1) is 0 Å². The lowest BCUT2D eigenvalue weighted by molar-refractivity contribution is 0.00592. The third-order valence-corrected chi connectivity index (χ3v) is 4.45. The fourth-order valence-electron chi connectivity index (χ4n) is 3.05. The van der Waals surface area contributed by atoms with E-state index in [2.05, 4.69) is 24.1 Å². The van der Waals surface area contributed by atoms with E-state index in [-0.39, 0.29) is 0 Å². The zero-order valence-corrected chi connectivity index (χ0v) is 11.5. The highest BCUT2D eigenvalue weighted by Gasteiger charge is 2.30. The lowest BCUT2D eigenvalue weighted by Gasteiger charge is -2.37. The van der Waals surface area contributed by atoms with E-state index in [4.69, 9.17) is 4.74 Å². The molecular formula is C14H28N2O. The highest BCUT2D eigenvalue weighted by atomic mass is 16.5. The van der Waals surface area contributed by atoms with Gasteiger partial charge in [-0.05, 0) is 37.6 Å². The Hall–Kier alpha value is -0.120. The van der Waals surface area contributed by atoms with E-state index < -0.39 is 0 Å². The molecule has 2 rings (SSSR count). The van der Waals surface area contributed by atoms with Crippen LogP contribution < -0.4 is 5.32 Å². The fourth-order valence-corrected chi connectivity index (χ4v) is 3.05. The van der Waals surface area contributed by atoms with Crippen LogP contribution in [0.15, 0.2) is 0 Å². The number of ether oxygens (including phenoxy) is 1. The summed E-state index contributed by atoms with van der Waals surface area (Å²) >= 11 is 0. The van der Waals surface area contributed by atoms with E-state index in [1.54, 1.807) is 0 Å². The van der Waals surface area contributed by atoms with Gasteiger partial charge in [0.25, 0.3) is 0 Å². The highest BCUT2D eigenvalue weighted by Crippen LogP contribution is 2.30. The van der Waals surface area contributed by atoms with Crippen molar-refractivity contribution < 1.29 is 4.74 Å². The molecule has 2 heterocycles. The second-order valence-corrected chi connectivity index (χ2v) is 6.05. The van der Waals surface area contributed by atoms with Crippen LogP contribution in [-0.4, -0.2) is 50.3 Å². The van der Waals surface area contributed by atoms with Crippen LogP contribution in [0.25, 0.3) is 0 Å². The van der Waals surface area contributed by atoms with Gasteiger partial charge in [-0.3, -0.25) is 0 Å². The highest BCUT2D eigenvalue weighted by molar-refractivity contribution is 4.83. The van der Waals surface area contributed by atoms with Gasteiger partial charge >= 0.3 is 0 Å². The maximum absolute atomic E-state index is 5.48. The van der Waals surface area contributed by atoms with Gasteiger partial charge in [-0.2, -0.15) is 0 Å². The molecule has 0 aromatic carbocycles. The second kappa shape index (κ2) is 6.17. The molecule has 0 aromatic heterocycles. The molecule has 17 heavy (non-hydrogen) atoms. The second-order valence-electron chi connectivity index (χ2n) is 6.05. The van der Waals surface area contributed by atoms with Crippen molar-refractivity contribution in [3.63, 3.8) is 0 Å². The maximum Gasteiger partial charge on any atom is 0.0471 e. The van der Waals surface area contributed by atoms with Crippen molar-refractivity contribution in [2.24, 2.45) is 5.41 Å². The fraction of sp³-hybridized carbons (Fsp3) is 1.00. The topological polar surface area (TPSA) is 24.5 Å². The number of hydrogen-bond acceptors (Lipinski definition) is 3. The van der Waals surface area contributed by atoms with Gasteiger partial charge in [0.1, 0.15) is 0 Å². The molecule has 3 nitrogen and oxygen atoms in total. The number of hydrogen-bond donors (Lipinski definition) is 1. The summed E-state index contributed by atoms with van der Waals surface area (Å²) in [6.07, 6.45) is 5.03. The first-order chi connectivity index (χ1) is 8.22. The molecule has 0 amide bonds. The molecule has 0 radical (unpaired) electrons. The predicted molar refractivity (Wildman–Crippen MR) is 71.3 cm³/mol. The molecule has 1 N–H and O–H groups in total. The summed E-state index contributed by atoms with van der Waals surface area (Å²) in [5.41, 5.74) is 0.490. The summed E-state index contributed by atoms with van der Waals surface area (Å²) in [4.78, 5) is 2.66. The van der Waals surface area contributed by atoms with Gasteiger partial charge in [0, 0.05) is 38.9 Å². The summed E-state index contributed by atoms with van der Waals surface area (Å²) in [7, 11) is 0. The molecule has 0 bridgehead atoms. The Bertz CT molecular complexity index is 226. The van der Waals surface area contributed by atoms with Crippen molar-refractivity contribution in [3.8, 4) is 0 Å². The first kappa shape index (κ1) is 13.3. The maximum atomic E-state index is 5.48. The Balaban J connectivity index is 1.81. The quantitative estimate of drug-likeness (QED) is 0.815. The molecule has 100 valence electrons. The van der Waals surface area contributed by atoms with Gasteiger partial charge in [0.2, 0.25) is 0 Å². The van der Waals surface area contributed by atoms with Crippen molar-refractivity contribution in [1.29, 1.82) is 0 Å². The van der Waals surface area contributed by atoms with Gasteiger partial charge < -0.3 is 15.0 Å². The molecule has 0 aromatic rings. The minimum absolute atomic E-state index is 0.490. The molecular weight excluding hydrogens is 212 g/mol. The Morgan fingerprint density at radius 2 is 2.06 bits per heavy atom. The minimum atomic E-state index is 0.490. The van der Waals surface area contributed by atoms with Crippen LogP contribution in [-0.2, 0) is 4.74 Å². The normalized spacial score (nSPS) is 31.1. The lowest BCUT2D eigenvalue weighted by Crippen LogP contribution is -2.41. The first-order valence-corrected chi connectivity index (χ1v) is 7.25. The van der Waals surface area contributed by atoms with Crippen molar-refractivity contribution >= 4 is 0 Å². The van der Waals surface area contributed by atoms with Crippen LogP contribution >= 0.6 is 0 Å². The Morgan fingerprint density at radius 3 is 2.76 bits per heavy atom. The van der Waals surface area contributed by atoms with E-state index in [0.717, 1.165) is 25.8 Å². The number of rotatable bonds is 3. The van der Waals surface area contributed by atoms with Gasteiger partial charge in [-0.1, -0.05) is 13.8 Å². The van der Waals surface area contributed by atoms with Crippen molar-refractivity contribution in [1.82, 2.24) is 10.2 Å². The molecule has 2 fully saturated rings. The van der Waals surface area contributed by atoms with Crippen molar-refractivity contribution in [2.45, 2.75) is 45.6 Å². The molecule has 0 spiro atoms. The zero-order chi connectivity index (χ0) is 12.1. The standard InChI is InChI=1S/C14H28N2O/c1-3-13-4-8-16(9-7-15-13)12-14(2)5-10-17-11-6-14/h13,15H,3-12H2,1-2H3. The molecule has 1 atom stereocenters. The number of nitrogens with one attached hydrogen (secondary N) is 1. The molecule has 1 unspecified atom stereocenters. The SMILES string of the molecule is CCC1CCN(CC2(C)CCOCC2)CCN1. The van der Waals surface area contributed by atoms with Crippen LogP contribution in [0.2, 0.25) is 0 Å². The van der Waals surface area contributed by atoms with Crippen molar-refractivity contribution in [3.05, 3.63) is 0 Å². The summed E-state index contributed by atoms with van der Waals surface area (Å²) in [5.74, 6) is 0. The van der Waals surface area contributed by atoms with Crippen LogP contribution in [0.3, 0.4) is 0 Å². The Morgan fingerprint density at radius 1 is 1.29 bits per heavy atom. The Kier molecular flexibility index (Phi) is 4.83. The minimum Gasteiger partial charge on any atom is -0.381 e. The summed E-state index contributed by atoms with van der Waals surface area (Å²) in [6.45, 7) is 11.5. The van der Waals surface area contributed by atoms with Gasteiger partial charge in [-0.15, -0.1) is 0 Å². The molecule has 3 heteroatoms. The third kappa shape index (κ3) is 3.94. The molecule has 2 aliphatic rings. The summed E-state index contributed by atoms with van der Waals surface area (Å²) in [5, 5.41) is 3.64. The van der Waals surface area contributed by atoms with Crippen LogP contribution in [0.1, 0.15) is 39.5 Å². The smallest absolute Gasteiger partial charge is 0.0471 e. The first-order valence-electron chi connectivity index (χ1n) is 7.25. The summed E-state index contributed by atoms with van der Waals surface area (Å²) < 4.78 is 5.48. The lowest BCUT2D eigenvalue weighted by atomic mass is 9.82. The van der Waals surface area contributed by atoms with Crippen LogP contribution in [0.5, 0.6) is 0 Å². The predicted octanol–water partition coefficient (Wildman–Crippen LogP) is 1.88. The van der Waals surface area contributed by atoms with E-state index in [0.29, 0.717) is 5.41 Å². The molecule has 0 saturated carbocycles. The van der Waals surface area contributed by atoms with E-state index in [1.807, 2.05) is 0 Å². The van der Waals surface area contributed by atoms with E-state index >= 15 is 0 Å². The van der Waals surface area contributed by atoms with E-state index in [1.165, 1.54) is 45.3 Å². The Labute approximate surface area is 106 Å². The van der Waals surface area contributed by atoms with Gasteiger partial charge in [-0.25, -0.2) is 0 Å². The van der Waals surface area contributed by atoms with Crippen molar-refractivity contribution in [2.75, 3.05) is 39.4 Å². The monoisotopic (exact) mass is 240 g/mol. The molecule has 2 saturated heterocycles. The average Bonchev–Trinajstić information content (AvgIpc) is 2.55. The average molecular weight is 240 g/mol. The number of nitrogens with zero attached hydrogens (tertiary/aromatic N) is 1. The van der Waals surface area contributed by atoms with Gasteiger partial charge in [0.15, 0.2) is 0 Å². The van der Waals surface area contributed by atoms with Crippen LogP contribution in [0.4, 0.5) is 0 Å². The molecule has 0 aliphatic carbocycles. The summed E-state index contributed by atoms with van der Waals surface area (Å²) in [6, 6.07) is 0.738. The largest absolute Gasteiger partial charge is 0.381 e. The van der Waals surface area contributed by atoms with Crippen LogP contribution in [0, 0.1) is 5.41 Å². The molecule has 2 aliphatic heterocycles.